The first-order valence-corrected chi connectivity index (χ1v) is 8.09. The Hall–Kier alpha value is -3.35. The van der Waals surface area contributed by atoms with Gasteiger partial charge in [-0.2, -0.15) is 0 Å². The minimum atomic E-state index is -1.69. The van der Waals surface area contributed by atoms with Crippen molar-refractivity contribution < 1.29 is 18.0 Å². The largest absolute Gasteiger partial charge is 0.340 e. The molecule has 7 heteroatoms. The molecule has 1 heterocycles. The molecule has 0 fully saturated rings. The summed E-state index contributed by atoms with van der Waals surface area (Å²) in [6.07, 6.45) is 1.38. The minimum Gasteiger partial charge on any atom is -0.340 e. The summed E-state index contributed by atoms with van der Waals surface area (Å²) in [6.45, 7) is 3.98. The van der Waals surface area contributed by atoms with Gasteiger partial charge in [-0.1, -0.05) is 6.07 Å². The number of benzene rings is 2. The highest BCUT2D eigenvalue weighted by molar-refractivity contribution is 6.04. The Labute approximate surface area is 154 Å². The van der Waals surface area contributed by atoms with Crippen LogP contribution in [-0.2, 0) is 0 Å². The van der Waals surface area contributed by atoms with Crippen LogP contribution in [0.2, 0.25) is 0 Å². The fourth-order valence-electron chi connectivity index (χ4n) is 2.64. The third-order valence-electron chi connectivity index (χ3n) is 3.80. The van der Waals surface area contributed by atoms with E-state index in [2.05, 4.69) is 21.7 Å². The average Bonchev–Trinajstić information content (AvgIpc) is 2.60. The van der Waals surface area contributed by atoms with Gasteiger partial charge in [-0.15, -0.1) is 0 Å². The van der Waals surface area contributed by atoms with Crippen LogP contribution in [0.3, 0.4) is 0 Å². The number of halogens is 3. The summed E-state index contributed by atoms with van der Waals surface area (Å²) in [7, 11) is 0. The number of pyridine rings is 1. The fourth-order valence-corrected chi connectivity index (χ4v) is 2.64. The molecule has 1 aromatic heterocycles. The first-order chi connectivity index (χ1) is 12.8. The van der Waals surface area contributed by atoms with Crippen molar-refractivity contribution >= 4 is 23.1 Å². The monoisotopic (exact) mass is 371 g/mol. The molecule has 0 radical (unpaired) electrons. The molecule has 0 aliphatic rings. The molecule has 0 spiro atoms. The van der Waals surface area contributed by atoms with Gasteiger partial charge in [0.05, 0.1) is 17.4 Å². The van der Waals surface area contributed by atoms with E-state index in [0.29, 0.717) is 11.9 Å². The van der Waals surface area contributed by atoms with Crippen LogP contribution in [0.25, 0.3) is 0 Å². The molecule has 2 N–H and O–H groups in total. The van der Waals surface area contributed by atoms with Gasteiger partial charge in [0.25, 0.3) is 5.91 Å². The summed E-state index contributed by atoms with van der Waals surface area (Å²) in [6, 6.07) is 10.8. The maximum Gasteiger partial charge on any atom is 0.258 e. The lowest BCUT2D eigenvalue weighted by Gasteiger charge is -2.10. The number of hydrogen-bond donors (Lipinski definition) is 2. The lowest BCUT2D eigenvalue weighted by atomic mass is 10.1. The number of aryl methyl sites for hydroxylation is 2. The Morgan fingerprint density at radius 2 is 1.59 bits per heavy atom. The van der Waals surface area contributed by atoms with Crippen LogP contribution in [0, 0.1) is 31.3 Å². The maximum absolute atomic E-state index is 13.7. The zero-order valence-electron chi connectivity index (χ0n) is 14.6. The van der Waals surface area contributed by atoms with Crippen molar-refractivity contribution in [2.24, 2.45) is 0 Å². The second-order valence-corrected chi connectivity index (χ2v) is 6.11. The second-order valence-electron chi connectivity index (χ2n) is 6.11. The quantitative estimate of drug-likeness (QED) is 0.627. The van der Waals surface area contributed by atoms with Crippen molar-refractivity contribution in [3.05, 3.63) is 82.8 Å². The third kappa shape index (κ3) is 4.25. The van der Waals surface area contributed by atoms with Gasteiger partial charge in [-0.3, -0.25) is 4.79 Å². The predicted molar refractivity (Wildman–Crippen MR) is 97.7 cm³/mol. The average molecular weight is 371 g/mol. The van der Waals surface area contributed by atoms with Gasteiger partial charge in [0.15, 0.2) is 17.5 Å². The van der Waals surface area contributed by atoms with Gasteiger partial charge >= 0.3 is 0 Å². The Kier molecular flexibility index (Phi) is 5.12. The Balaban J connectivity index is 1.72. The molecule has 0 aliphatic carbocycles. The lowest BCUT2D eigenvalue weighted by molar-refractivity contribution is 0.102. The van der Waals surface area contributed by atoms with Crippen LogP contribution in [0.1, 0.15) is 21.5 Å². The molecule has 4 nitrogen and oxygen atoms in total. The zero-order valence-corrected chi connectivity index (χ0v) is 14.6. The highest BCUT2D eigenvalue weighted by atomic mass is 19.2. The first kappa shape index (κ1) is 18.4. The molecule has 0 saturated carbocycles. The highest BCUT2D eigenvalue weighted by Crippen LogP contribution is 2.20. The number of carbonyl (C=O) groups is 1. The SMILES string of the molecule is Cc1cc(C)cc(Nc2ccc(NC(=O)c3ccc(F)c(F)c3F)cn2)c1. The predicted octanol–water partition coefficient (Wildman–Crippen LogP) is 5.11. The van der Waals surface area contributed by atoms with Crippen molar-refractivity contribution in [2.75, 3.05) is 10.6 Å². The van der Waals surface area contributed by atoms with E-state index in [1.54, 1.807) is 12.1 Å². The van der Waals surface area contributed by atoms with Gasteiger partial charge in [-0.05, 0) is 61.4 Å². The topological polar surface area (TPSA) is 54.0 Å². The molecular formula is C20H16F3N3O. The Morgan fingerprint density at radius 1 is 0.889 bits per heavy atom. The Morgan fingerprint density at radius 3 is 2.22 bits per heavy atom. The minimum absolute atomic E-state index is 0.287. The number of amides is 1. The smallest absolute Gasteiger partial charge is 0.258 e. The number of nitrogens with one attached hydrogen (secondary N) is 2. The number of anilines is 3. The van der Waals surface area contributed by atoms with Crippen LogP contribution < -0.4 is 10.6 Å². The van der Waals surface area contributed by atoms with E-state index in [1.165, 1.54) is 6.20 Å². The summed E-state index contributed by atoms with van der Waals surface area (Å²) in [5.74, 6) is -4.92. The van der Waals surface area contributed by atoms with Gasteiger partial charge < -0.3 is 10.6 Å². The molecule has 2 aromatic carbocycles. The molecule has 1 amide bonds. The van der Waals surface area contributed by atoms with Gasteiger partial charge in [-0.25, -0.2) is 18.2 Å². The van der Waals surface area contributed by atoms with Crippen LogP contribution in [-0.4, -0.2) is 10.9 Å². The van der Waals surface area contributed by atoms with Gasteiger partial charge in [0.1, 0.15) is 5.82 Å². The molecule has 0 bridgehead atoms. The third-order valence-corrected chi connectivity index (χ3v) is 3.80. The summed E-state index contributed by atoms with van der Waals surface area (Å²) < 4.78 is 39.9. The first-order valence-electron chi connectivity index (χ1n) is 8.09. The van der Waals surface area contributed by atoms with E-state index in [0.717, 1.165) is 22.9 Å². The molecule has 0 aliphatic heterocycles. The number of nitrogens with zero attached hydrogens (tertiary/aromatic N) is 1. The van der Waals surface area contributed by atoms with Crippen LogP contribution in [0.5, 0.6) is 0 Å². The molecule has 0 saturated heterocycles. The molecule has 27 heavy (non-hydrogen) atoms. The van der Waals surface area contributed by atoms with Crippen molar-refractivity contribution in [3.63, 3.8) is 0 Å². The van der Waals surface area contributed by atoms with Crippen LogP contribution in [0.15, 0.2) is 48.7 Å². The number of rotatable bonds is 4. The van der Waals surface area contributed by atoms with Crippen LogP contribution >= 0.6 is 0 Å². The second kappa shape index (κ2) is 7.49. The van der Waals surface area contributed by atoms with Crippen molar-refractivity contribution in [1.82, 2.24) is 4.98 Å². The summed E-state index contributed by atoms with van der Waals surface area (Å²) in [5, 5.41) is 5.54. The Bertz CT molecular complexity index is 984. The zero-order chi connectivity index (χ0) is 19.6. The van der Waals surface area contributed by atoms with Crippen molar-refractivity contribution in [2.45, 2.75) is 13.8 Å². The number of aromatic nitrogens is 1. The van der Waals surface area contributed by atoms with E-state index >= 15 is 0 Å². The van der Waals surface area contributed by atoms with Gasteiger partial charge in [0.2, 0.25) is 0 Å². The molecule has 3 rings (SSSR count). The summed E-state index contributed by atoms with van der Waals surface area (Å²) >= 11 is 0. The van der Waals surface area contributed by atoms with E-state index in [-0.39, 0.29) is 5.69 Å². The van der Waals surface area contributed by atoms with E-state index < -0.39 is 28.9 Å². The van der Waals surface area contributed by atoms with E-state index in [4.69, 9.17) is 0 Å². The van der Waals surface area contributed by atoms with E-state index in [1.807, 2.05) is 26.0 Å². The highest BCUT2D eigenvalue weighted by Gasteiger charge is 2.18. The maximum atomic E-state index is 13.7. The molecule has 0 atom stereocenters. The standard InChI is InChI=1S/C20H16F3N3O/c1-11-7-12(2)9-14(8-11)25-17-6-3-13(10-24-17)26-20(27)15-4-5-16(21)19(23)18(15)22/h3-10H,1-2H3,(H,24,25)(H,26,27). The normalized spacial score (nSPS) is 10.6. The number of carbonyl (C=O) groups excluding carboxylic acids is 1. The lowest BCUT2D eigenvalue weighted by Crippen LogP contribution is -2.15. The molecule has 3 aromatic rings. The van der Waals surface area contributed by atoms with Crippen molar-refractivity contribution in [3.8, 4) is 0 Å². The van der Waals surface area contributed by atoms with Gasteiger partial charge in [0, 0.05) is 5.69 Å². The molecule has 138 valence electrons. The fraction of sp³-hybridized carbons (Fsp3) is 0.100. The molecule has 0 unspecified atom stereocenters. The summed E-state index contributed by atoms with van der Waals surface area (Å²) in [5.41, 5.74) is 2.78. The summed E-state index contributed by atoms with van der Waals surface area (Å²) in [4.78, 5) is 16.2. The van der Waals surface area contributed by atoms with E-state index in [9.17, 15) is 18.0 Å². The molecular weight excluding hydrogens is 355 g/mol. The van der Waals surface area contributed by atoms with Crippen molar-refractivity contribution in [1.29, 1.82) is 0 Å². The number of hydrogen-bond acceptors (Lipinski definition) is 3. The van der Waals surface area contributed by atoms with Crippen LogP contribution in [0.4, 0.5) is 30.4 Å².